The lowest BCUT2D eigenvalue weighted by molar-refractivity contribution is 0.350. The molecule has 4 aromatic rings. The van der Waals surface area contributed by atoms with Gasteiger partial charge in [0.2, 0.25) is 10.0 Å². The third kappa shape index (κ3) is 3.81. The van der Waals surface area contributed by atoms with Crippen molar-refractivity contribution in [3.63, 3.8) is 0 Å². The van der Waals surface area contributed by atoms with Gasteiger partial charge in [-0.1, -0.05) is 36.4 Å². The van der Waals surface area contributed by atoms with Crippen LogP contribution in [0.15, 0.2) is 70.4 Å². The highest BCUT2D eigenvalue weighted by Crippen LogP contribution is 2.40. The molecule has 2 aromatic carbocycles. The van der Waals surface area contributed by atoms with E-state index in [1.54, 1.807) is 31.7 Å². The van der Waals surface area contributed by atoms with Gasteiger partial charge in [0.1, 0.15) is 4.21 Å². The number of sulfonamides is 1. The van der Waals surface area contributed by atoms with E-state index >= 15 is 0 Å². The fraction of sp³-hybridized carbons (Fsp3) is 0.182. The topological polar surface area (TPSA) is 80.4 Å². The molecule has 0 saturated carbocycles. The van der Waals surface area contributed by atoms with Crippen LogP contribution in [0.1, 0.15) is 17.0 Å². The third-order valence-corrected chi connectivity index (χ3v) is 7.86. The Balaban J connectivity index is 1.80. The Bertz CT molecular complexity index is 1250. The largest absolute Gasteiger partial charge is 0.493 e. The molecule has 30 heavy (non-hydrogen) atoms. The van der Waals surface area contributed by atoms with E-state index in [1.807, 2.05) is 48.7 Å². The summed E-state index contributed by atoms with van der Waals surface area (Å²) >= 11 is 1.19. The number of benzene rings is 2. The number of hydrogen-bond donors (Lipinski definition) is 2. The number of fused-ring (bicyclic) bond motifs is 1. The predicted molar refractivity (Wildman–Crippen MR) is 119 cm³/mol. The van der Waals surface area contributed by atoms with Crippen molar-refractivity contribution in [2.75, 3.05) is 20.8 Å². The van der Waals surface area contributed by atoms with Gasteiger partial charge in [0.25, 0.3) is 0 Å². The van der Waals surface area contributed by atoms with Crippen molar-refractivity contribution in [1.82, 2.24) is 9.71 Å². The summed E-state index contributed by atoms with van der Waals surface area (Å²) in [7, 11) is -0.441. The number of aromatic nitrogens is 1. The minimum absolute atomic E-state index is 0.172. The summed E-state index contributed by atoms with van der Waals surface area (Å²) in [5, 5.41) is 2.78. The van der Waals surface area contributed by atoms with Crippen LogP contribution in [0, 0.1) is 0 Å². The zero-order valence-electron chi connectivity index (χ0n) is 16.6. The summed E-state index contributed by atoms with van der Waals surface area (Å²) in [5.74, 6) is 0.896. The predicted octanol–water partition coefficient (Wildman–Crippen LogP) is 4.36. The number of hydrogen-bond acceptors (Lipinski definition) is 5. The Hall–Kier alpha value is -2.81. The van der Waals surface area contributed by atoms with Gasteiger partial charge in [-0.05, 0) is 29.1 Å². The average Bonchev–Trinajstić information content (AvgIpc) is 3.45. The Morgan fingerprint density at radius 1 is 1.00 bits per heavy atom. The van der Waals surface area contributed by atoms with Gasteiger partial charge >= 0.3 is 0 Å². The highest BCUT2D eigenvalue weighted by Gasteiger charge is 2.26. The van der Waals surface area contributed by atoms with Crippen molar-refractivity contribution >= 4 is 32.3 Å². The molecule has 0 aliphatic heterocycles. The molecule has 2 aromatic heterocycles. The minimum atomic E-state index is -3.61. The molecule has 0 radical (unpaired) electrons. The van der Waals surface area contributed by atoms with E-state index in [9.17, 15) is 8.42 Å². The SMILES string of the molecule is COc1cccc([C@@H](CNS(=O)(=O)c2cccs2)c2c[nH]c3ccccc23)c1OC. The van der Waals surface area contributed by atoms with E-state index in [1.165, 1.54) is 11.3 Å². The molecule has 0 unspecified atom stereocenters. The number of para-hydroxylation sites is 2. The molecule has 0 bridgehead atoms. The normalized spacial score (nSPS) is 12.7. The lowest BCUT2D eigenvalue weighted by atomic mass is 9.90. The van der Waals surface area contributed by atoms with Crippen LogP contribution in [0.5, 0.6) is 11.5 Å². The molecule has 1 atom stereocenters. The molecule has 0 aliphatic carbocycles. The number of methoxy groups -OCH3 is 2. The number of nitrogens with one attached hydrogen (secondary N) is 2. The Morgan fingerprint density at radius 2 is 1.83 bits per heavy atom. The van der Waals surface area contributed by atoms with Crippen LogP contribution in [0.2, 0.25) is 0 Å². The van der Waals surface area contributed by atoms with Gasteiger partial charge in [0.05, 0.1) is 14.2 Å². The monoisotopic (exact) mass is 442 g/mol. The quantitative estimate of drug-likeness (QED) is 0.425. The van der Waals surface area contributed by atoms with E-state index in [-0.39, 0.29) is 16.7 Å². The number of thiophene rings is 1. The van der Waals surface area contributed by atoms with Crippen LogP contribution in [-0.2, 0) is 10.0 Å². The minimum Gasteiger partial charge on any atom is -0.493 e. The zero-order chi connectivity index (χ0) is 21.1. The van der Waals surface area contributed by atoms with Gasteiger partial charge in [0.15, 0.2) is 11.5 Å². The molecule has 6 nitrogen and oxygen atoms in total. The zero-order valence-corrected chi connectivity index (χ0v) is 18.2. The second-order valence-corrected chi connectivity index (χ2v) is 9.65. The van der Waals surface area contributed by atoms with E-state index < -0.39 is 10.0 Å². The molecular formula is C22H22N2O4S2. The van der Waals surface area contributed by atoms with Gasteiger partial charge in [-0.25, -0.2) is 13.1 Å². The molecule has 8 heteroatoms. The van der Waals surface area contributed by atoms with E-state index in [0.717, 1.165) is 22.0 Å². The molecule has 0 amide bonds. The maximum absolute atomic E-state index is 12.8. The van der Waals surface area contributed by atoms with E-state index in [0.29, 0.717) is 11.5 Å². The van der Waals surface area contributed by atoms with E-state index in [4.69, 9.17) is 9.47 Å². The van der Waals surface area contributed by atoms with Crippen molar-refractivity contribution in [2.24, 2.45) is 0 Å². The molecule has 2 N–H and O–H groups in total. The molecule has 2 heterocycles. The summed E-state index contributed by atoms with van der Waals surface area (Å²) in [6, 6.07) is 16.9. The van der Waals surface area contributed by atoms with Crippen molar-refractivity contribution in [2.45, 2.75) is 10.1 Å². The van der Waals surface area contributed by atoms with Crippen molar-refractivity contribution < 1.29 is 17.9 Å². The smallest absolute Gasteiger partial charge is 0.250 e. The third-order valence-electron chi connectivity index (χ3n) is 5.04. The maximum Gasteiger partial charge on any atom is 0.250 e. The summed E-state index contributed by atoms with van der Waals surface area (Å²) in [6.45, 7) is 0.172. The summed E-state index contributed by atoms with van der Waals surface area (Å²) in [5.41, 5.74) is 2.81. The standard InChI is InChI=1S/C22H22N2O4S2/c1-27-20-10-5-8-16(22(20)28-2)18(14-24-30(25,26)21-11-6-12-29-21)17-13-23-19-9-4-3-7-15(17)19/h3-13,18,23-24H,14H2,1-2H3/t18-/m1/s1. The summed E-state index contributed by atoms with van der Waals surface area (Å²) in [4.78, 5) is 3.28. The number of ether oxygens (including phenoxy) is 2. The second kappa shape index (κ2) is 8.51. The van der Waals surface area contributed by atoms with Gasteiger partial charge in [-0.3, -0.25) is 0 Å². The summed E-state index contributed by atoms with van der Waals surface area (Å²) in [6.07, 6.45) is 1.92. The van der Waals surface area contributed by atoms with Gasteiger partial charge in [-0.15, -0.1) is 11.3 Å². The highest BCUT2D eigenvalue weighted by molar-refractivity contribution is 7.91. The lowest BCUT2D eigenvalue weighted by Gasteiger charge is -2.21. The van der Waals surface area contributed by atoms with Gasteiger partial charge < -0.3 is 14.5 Å². The second-order valence-electron chi connectivity index (χ2n) is 6.71. The highest BCUT2D eigenvalue weighted by atomic mass is 32.2. The number of H-pyrrole nitrogens is 1. The van der Waals surface area contributed by atoms with Gasteiger partial charge in [0, 0.05) is 35.1 Å². The maximum atomic E-state index is 12.8. The molecular weight excluding hydrogens is 420 g/mol. The van der Waals surface area contributed by atoms with Crippen LogP contribution in [-0.4, -0.2) is 34.2 Å². The Labute approximate surface area is 179 Å². The first-order valence-corrected chi connectivity index (χ1v) is 11.7. The van der Waals surface area contributed by atoms with Crippen LogP contribution < -0.4 is 14.2 Å². The molecule has 156 valence electrons. The van der Waals surface area contributed by atoms with Crippen LogP contribution in [0.3, 0.4) is 0 Å². The average molecular weight is 443 g/mol. The molecule has 0 saturated heterocycles. The van der Waals surface area contributed by atoms with Gasteiger partial charge in [-0.2, -0.15) is 0 Å². The van der Waals surface area contributed by atoms with Crippen LogP contribution in [0.4, 0.5) is 0 Å². The number of rotatable bonds is 8. The first-order chi connectivity index (χ1) is 14.5. The molecule has 0 fully saturated rings. The molecule has 4 rings (SSSR count). The molecule has 0 aliphatic rings. The van der Waals surface area contributed by atoms with Crippen LogP contribution in [0.25, 0.3) is 10.9 Å². The van der Waals surface area contributed by atoms with Crippen molar-refractivity contribution in [3.8, 4) is 11.5 Å². The number of aromatic amines is 1. The summed E-state index contributed by atoms with van der Waals surface area (Å²) < 4.78 is 39.7. The Morgan fingerprint density at radius 3 is 2.57 bits per heavy atom. The first-order valence-electron chi connectivity index (χ1n) is 9.35. The van der Waals surface area contributed by atoms with Crippen LogP contribution >= 0.6 is 11.3 Å². The lowest BCUT2D eigenvalue weighted by Crippen LogP contribution is -2.28. The van der Waals surface area contributed by atoms with Crippen molar-refractivity contribution in [1.29, 1.82) is 0 Å². The first kappa shape index (κ1) is 20.5. The Kier molecular flexibility index (Phi) is 5.80. The van der Waals surface area contributed by atoms with Crippen molar-refractivity contribution in [3.05, 3.63) is 77.3 Å². The van der Waals surface area contributed by atoms with E-state index in [2.05, 4.69) is 9.71 Å². The fourth-order valence-corrected chi connectivity index (χ4v) is 5.72. The fourth-order valence-electron chi connectivity index (χ4n) is 3.64. The molecule has 0 spiro atoms.